The lowest BCUT2D eigenvalue weighted by molar-refractivity contribution is -0.130. The third-order valence-corrected chi connectivity index (χ3v) is 3.90. The Bertz CT molecular complexity index is 734. The summed E-state index contributed by atoms with van der Waals surface area (Å²) in [7, 11) is 2.04. The number of hydrogen-bond donors (Lipinski definition) is 1. The monoisotopic (exact) mass is 301 g/mol. The Morgan fingerprint density at radius 2 is 2.05 bits per heavy atom. The van der Waals surface area contributed by atoms with Crippen LogP contribution in [0.2, 0.25) is 0 Å². The lowest BCUT2D eigenvalue weighted by Gasteiger charge is -2.32. The number of aromatic nitrogens is 2. The topological polar surface area (TPSA) is 69.9 Å². The van der Waals surface area contributed by atoms with Gasteiger partial charge in [-0.3, -0.25) is 14.0 Å². The SMILES string of the molecule is CN1CCN(C(=O)CNc2cnc3ccccn3c2=O)CC1. The lowest BCUT2D eigenvalue weighted by Crippen LogP contribution is -2.48. The van der Waals surface area contributed by atoms with E-state index >= 15 is 0 Å². The van der Waals surface area contributed by atoms with E-state index in [1.165, 1.54) is 10.6 Å². The molecule has 0 atom stereocenters. The normalized spacial score (nSPS) is 16.0. The van der Waals surface area contributed by atoms with Gasteiger partial charge in [-0.15, -0.1) is 0 Å². The zero-order chi connectivity index (χ0) is 15.5. The average molecular weight is 301 g/mol. The smallest absolute Gasteiger partial charge is 0.281 e. The molecule has 0 spiro atoms. The van der Waals surface area contributed by atoms with Crippen LogP contribution in [-0.2, 0) is 4.79 Å². The molecule has 1 aliphatic rings. The molecule has 0 bridgehead atoms. The minimum absolute atomic E-state index is 0.00524. The summed E-state index contributed by atoms with van der Waals surface area (Å²) in [5.74, 6) is 0.00524. The van der Waals surface area contributed by atoms with E-state index in [1.807, 2.05) is 18.0 Å². The van der Waals surface area contributed by atoms with Gasteiger partial charge in [0, 0.05) is 32.4 Å². The third-order valence-electron chi connectivity index (χ3n) is 3.90. The van der Waals surface area contributed by atoms with Crippen molar-refractivity contribution in [1.29, 1.82) is 0 Å². The summed E-state index contributed by atoms with van der Waals surface area (Å²) in [6, 6.07) is 5.36. The van der Waals surface area contributed by atoms with Gasteiger partial charge in [-0.05, 0) is 19.2 Å². The van der Waals surface area contributed by atoms with E-state index in [9.17, 15) is 9.59 Å². The van der Waals surface area contributed by atoms with Gasteiger partial charge in [-0.2, -0.15) is 0 Å². The van der Waals surface area contributed by atoms with Gasteiger partial charge in [0.25, 0.3) is 5.56 Å². The van der Waals surface area contributed by atoms with Crippen LogP contribution in [0.15, 0.2) is 35.4 Å². The molecule has 1 fully saturated rings. The number of fused-ring (bicyclic) bond motifs is 1. The second kappa shape index (κ2) is 6.15. The average Bonchev–Trinajstić information content (AvgIpc) is 2.55. The Kier molecular flexibility index (Phi) is 4.06. The number of carbonyl (C=O) groups is 1. The van der Waals surface area contributed by atoms with Gasteiger partial charge in [0.05, 0.1) is 12.7 Å². The van der Waals surface area contributed by atoms with Gasteiger partial charge in [0.15, 0.2) is 0 Å². The van der Waals surface area contributed by atoms with E-state index in [4.69, 9.17) is 0 Å². The Labute approximate surface area is 128 Å². The summed E-state index contributed by atoms with van der Waals surface area (Å²) in [6.45, 7) is 3.33. The molecule has 3 rings (SSSR count). The predicted octanol–water partition coefficient (Wildman–Crippen LogP) is -0.120. The molecular formula is C15H19N5O2. The van der Waals surface area contributed by atoms with Gasteiger partial charge in [0.2, 0.25) is 5.91 Å². The molecule has 22 heavy (non-hydrogen) atoms. The first-order valence-corrected chi connectivity index (χ1v) is 7.32. The molecule has 0 radical (unpaired) electrons. The van der Waals surface area contributed by atoms with Crippen LogP contribution in [0.1, 0.15) is 0 Å². The molecule has 7 nitrogen and oxygen atoms in total. The number of rotatable bonds is 3. The number of nitrogens with zero attached hydrogens (tertiary/aromatic N) is 4. The zero-order valence-corrected chi connectivity index (χ0v) is 12.5. The molecule has 0 unspecified atom stereocenters. The Balaban J connectivity index is 1.68. The van der Waals surface area contributed by atoms with E-state index in [0.717, 1.165) is 26.2 Å². The van der Waals surface area contributed by atoms with Gasteiger partial charge >= 0.3 is 0 Å². The summed E-state index contributed by atoms with van der Waals surface area (Å²) in [4.78, 5) is 32.7. The molecule has 1 N–H and O–H groups in total. The molecule has 2 aromatic heterocycles. The second-order valence-electron chi connectivity index (χ2n) is 5.44. The van der Waals surface area contributed by atoms with Crippen molar-refractivity contribution in [1.82, 2.24) is 19.2 Å². The Morgan fingerprint density at radius 1 is 1.27 bits per heavy atom. The molecule has 0 aliphatic carbocycles. The van der Waals surface area contributed by atoms with E-state index in [2.05, 4.69) is 15.2 Å². The number of hydrogen-bond acceptors (Lipinski definition) is 5. The maximum Gasteiger partial charge on any atom is 0.281 e. The van der Waals surface area contributed by atoms with E-state index < -0.39 is 0 Å². The lowest BCUT2D eigenvalue weighted by atomic mass is 10.3. The summed E-state index contributed by atoms with van der Waals surface area (Å²) in [6.07, 6.45) is 3.15. The maximum absolute atomic E-state index is 12.3. The number of anilines is 1. The van der Waals surface area contributed by atoms with Crippen molar-refractivity contribution >= 4 is 17.2 Å². The van der Waals surface area contributed by atoms with E-state index in [0.29, 0.717) is 11.3 Å². The van der Waals surface area contributed by atoms with E-state index in [-0.39, 0.29) is 18.0 Å². The van der Waals surface area contributed by atoms with Crippen molar-refractivity contribution in [3.05, 3.63) is 40.9 Å². The Hall–Kier alpha value is -2.41. The molecule has 1 saturated heterocycles. The van der Waals surface area contributed by atoms with Crippen molar-refractivity contribution in [3.63, 3.8) is 0 Å². The summed E-state index contributed by atoms with van der Waals surface area (Å²) < 4.78 is 1.46. The summed E-state index contributed by atoms with van der Waals surface area (Å²) in [5, 5.41) is 2.91. The van der Waals surface area contributed by atoms with Gasteiger partial charge < -0.3 is 15.1 Å². The molecule has 0 aromatic carbocycles. The number of nitrogens with one attached hydrogen (secondary N) is 1. The van der Waals surface area contributed by atoms with Crippen molar-refractivity contribution in [2.45, 2.75) is 0 Å². The van der Waals surface area contributed by atoms with Crippen molar-refractivity contribution in [2.24, 2.45) is 0 Å². The third kappa shape index (κ3) is 2.94. The molecule has 0 saturated carbocycles. The van der Waals surface area contributed by atoms with Crippen LogP contribution in [0, 0.1) is 0 Å². The van der Waals surface area contributed by atoms with Gasteiger partial charge in [-0.1, -0.05) is 6.07 Å². The quantitative estimate of drug-likeness (QED) is 0.856. The number of piperazine rings is 1. The van der Waals surface area contributed by atoms with Gasteiger partial charge in [0.1, 0.15) is 11.3 Å². The molecule has 2 aromatic rings. The van der Waals surface area contributed by atoms with Crippen LogP contribution in [0.4, 0.5) is 5.69 Å². The minimum Gasteiger partial charge on any atom is -0.370 e. The highest BCUT2D eigenvalue weighted by Gasteiger charge is 2.18. The van der Waals surface area contributed by atoms with Crippen molar-refractivity contribution in [3.8, 4) is 0 Å². The number of pyridine rings is 1. The largest absolute Gasteiger partial charge is 0.370 e. The van der Waals surface area contributed by atoms with Crippen LogP contribution in [-0.4, -0.2) is 64.9 Å². The standard InChI is InChI=1S/C15H19N5O2/c1-18-6-8-19(9-7-18)14(21)11-16-12-10-17-13-4-2-3-5-20(13)15(12)22/h2-5,10,16H,6-9,11H2,1H3. The van der Waals surface area contributed by atoms with Crippen LogP contribution in [0.25, 0.3) is 5.65 Å². The fraction of sp³-hybridized carbons (Fsp3) is 0.400. The highest BCUT2D eigenvalue weighted by atomic mass is 16.2. The van der Waals surface area contributed by atoms with E-state index in [1.54, 1.807) is 18.3 Å². The molecule has 116 valence electrons. The zero-order valence-electron chi connectivity index (χ0n) is 12.5. The Morgan fingerprint density at radius 3 is 2.82 bits per heavy atom. The van der Waals surface area contributed by atoms with Crippen molar-refractivity contribution < 1.29 is 4.79 Å². The fourth-order valence-electron chi connectivity index (χ4n) is 2.49. The number of amides is 1. The predicted molar refractivity (Wildman–Crippen MR) is 84.0 cm³/mol. The summed E-state index contributed by atoms with van der Waals surface area (Å²) in [5.41, 5.74) is 0.728. The summed E-state index contributed by atoms with van der Waals surface area (Å²) >= 11 is 0. The van der Waals surface area contributed by atoms with Crippen LogP contribution in [0.3, 0.4) is 0 Å². The van der Waals surface area contributed by atoms with Crippen LogP contribution >= 0.6 is 0 Å². The first-order valence-electron chi connectivity index (χ1n) is 7.32. The highest BCUT2D eigenvalue weighted by Crippen LogP contribution is 2.03. The molecular weight excluding hydrogens is 282 g/mol. The first kappa shape index (κ1) is 14.5. The molecule has 1 aliphatic heterocycles. The highest BCUT2D eigenvalue weighted by molar-refractivity contribution is 5.80. The molecule has 7 heteroatoms. The van der Waals surface area contributed by atoms with Crippen molar-refractivity contribution in [2.75, 3.05) is 45.1 Å². The number of carbonyl (C=O) groups excluding carboxylic acids is 1. The molecule has 1 amide bonds. The fourth-order valence-corrected chi connectivity index (χ4v) is 2.49. The maximum atomic E-state index is 12.3. The minimum atomic E-state index is -0.197. The van der Waals surface area contributed by atoms with Gasteiger partial charge in [-0.25, -0.2) is 4.98 Å². The van der Waals surface area contributed by atoms with Crippen LogP contribution in [0.5, 0.6) is 0 Å². The number of likely N-dealkylation sites (N-methyl/N-ethyl adjacent to an activating group) is 1. The first-order chi connectivity index (χ1) is 10.6. The molecule has 3 heterocycles. The second-order valence-corrected chi connectivity index (χ2v) is 5.44. The van der Waals surface area contributed by atoms with Crippen LogP contribution < -0.4 is 10.9 Å².